The SMILES string of the molecule is Cc1ccc2nc3c(Br)ccc(C)c3cc2c1. The summed E-state index contributed by atoms with van der Waals surface area (Å²) in [5.74, 6) is 0. The average molecular weight is 286 g/mol. The highest BCUT2D eigenvalue weighted by Gasteiger charge is 2.05. The van der Waals surface area contributed by atoms with Crippen molar-refractivity contribution in [3.05, 3.63) is 52.0 Å². The van der Waals surface area contributed by atoms with Crippen molar-refractivity contribution in [3.8, 4) is 0 Å². The van der Waals surface area contributed by atoms with Gasteiger partial charge in [-0.2, -0.15) is 0 Å². The summed E-state index contributed by atoms with van der Waals surface area (Å²) >= 11 is 3.57. The Hall–Kier alpha value is -1.41. The maximum atomic E-state index is 4.73. The number of halogens is 1. The fraction of sp³-hybridized carbons (Fsp3) is 0.133. The summed E-state index contributed by atoms with van der Waals surface area (Å²) in [6, 6.07) is 12.8. The van der Waals surface area contributed by atoms with Gasteiger partial charge in [0.05, 0.1) is 11.0 Å². The summed E-state index contributed by atoms with van der Waals surface area (Å²) < 4.78 is 1.06. The van der Waals surface area contributed by atoms with Crippen LogP contribution in [0.25, 0.3) is 21.8 Å². The monoisotopic (exact) mass is 285 g/mol. The van der Waals surface area contributed by atoms with Crippen LogP contribution in [0, 0.1) is 13.8 Å². The van der Waals surface area contributed by atoms with Gasteiger partial charge in [0.25, 0.3) is 0 Å². The molecule has 0 aliphatic rings. The van der Waals surface area contributed by atoms with E-state index >= 15 is 0 Å². The zero-order chi connectivity index (χ0) is 12.0. The van der Waals surface area contributed by atoms with Crippen LogP contribution in [0.15, 0.2) is 40.9 Å². The maximum absolute atomic E-state index is 4.73. The van der Waals surface area contributed by atoms with Gasteiger partial charge < -0.3 is 0 Å². The normalized spacial score (nSPS) is 11.2. The third-order valence-electron chi connectivity index (χ3n) is 3.10. The van der Waals surface area contributed by atoms with Crippen LogP contribution < -0.4 is 0 Å². The Kier molecular flexibility index (Phi) is 2.40. The van der Waals surface area contributed by atoms with E-state index in [-0.39, 0.29) is 0 Å². The molecule has 0 fully saturated rings. The minimum atomic E-state index is 1.04. The van der Waals surface area contributed by atoms with E-state index in [0.29, 0.717) is 0 Å². The average Bonchev–Trinajstić information content (AvgIpc) is 2.32. The zero-order valence-electron chi connectivity index (χ0n) is 9.79. The van der Waals surface area contributed by atoms with Crippen LogP contribution >= 0.6 is 15.9 Å². The molecule has 0 saturated carbocycles. The molecule has 0 unspecified atom stereocenters. The van der Waals surface area contributed by atoms with Crippen LogP contribution in [-0.2, 0) is 0 Å². The Morgan fingerprint density at radius 1 is 1.00 bits per heavy atom. The van der Waals surface area contributed by atoms with Crippen molar-refractivity contribution >= 4 is 37.7 Å². The quantitative estimate of drug-likeness (QED) is 0.542. The maximum Gasteiger partial charge on any atom is 0.0854 e. The molecule has 2 heteroatoms. The van der Waals surface area contributed by atoms with Crippen molar-refractivity contribution < 1.29 is 0 Å². The topological polar surface area (TPSA) is 12.9 Å². The second-order valence-electron chi connectivity index (χ2n) is 4.44. The third-order valence-corrected chi connectivity index (χ3v) is 3.74. The summed E-state index contributed by atoms with van der Waals surface area (Å²) in [6.45, 7) is 4.23. The molecule has 3 aromatic rings. The summed E-state index contributed by atoms with van der Waals surface area (Å²) in [5.41, 5.74) is 4.63. The molecule has 0 amide bonds. The molecule has 0 saturated heterocycles. The number of aromatic nitrogens is 1. The van der Waals surface area contributed by atoms with E-state index in [4.69, 9.17) is 4.98 Å². The van der Waals surface area contributed by atoms with Crippen molar-refractivity contribution in [2.24, 2.45) is 0 Å². The third kappa shape index (κ3) is 1.73. The molecule has 1 heterocycles. The molecule has 0 radical (unpaired) electrons. The molecule has 17 heavy (non-hydrogen) atoms. The minimum Gasteiger partial charge on any atom is -0.247 e. The molecule has 84 valence electrons. The highest BCUT2D eigenvalue weighted by Crippen LogP contribution is 2.28. The van der Waals surface area contributed by atoms with E-state index in [1.165, 1.54) is 21.9 Å². The van der Waals surface area contributed by atoms with Crippen LogP contribution in [0.5, 0.6) is 0 Å². The van der Waals surface area contributed by atoms with Gasteiger partial charge in [0.15, 0.2) is 0 Å². The first-order chi connectivity index (χ1) is 8.15. The van der Waals surface area contributed by atoms with Gasteiger partial charge >= 0.3 is 0 Å². The number of benzene rings is 2. The Bertz CT molecular complexity index is 732. The standard InChI is InChI=1S/C15H12BrN/c1-9-3-6-14-11(7-9)8-12-10(2)4-5-13(16)15(12)17-14/h3-8H,1-2H3. The molecule has 0 aliphatic carbocycles. The predicted molar refractivity (Wildman–Crippen MR) is 76.4 cm³/mol. The van der Waals surface area contributed by atoms with Gasteiger partial charge in [-0.05, 0) is 59.6 Å². The lowest BCUT2D eigenvalue weighted by atomic mass is 10.1. The number of hydrogen-bond donors (Lipinski definition) is 0. The van der Waals surface area contributed by atoms with E-state index in [1.54, 1.807) is 0 Å². The number of rotatable bonds is 0. The van der Waals surface area contributed by atoms with Gasteiger partial charge in [0.1, 0.15) is 0 Å². The zero-order valence-corrected chi connectivity index (χ0v) is 11.4. The number of hydrogen-bond acceptors (Lipinski definition) is 1. The van der Waals surface area contributed by atoms with Crippen molar-refractivity contribution in [1.29, 1.82) is 0 Å². The fourth-order valence-corrected chi connectivity index (χ4v) is 2.58. The predicted octanol–water partition coefficient (Wildman–Crippen LogP) is 4.77. The van der Waals surface area contributed by atoms with Gasteiger partial charge in [0, 0.05) is 15.2 Å². The van der Waals surface area contributed by atoms with E-state index < -0.39 is 0 Å². The van der Waals surface area contributed by atoms with Crippen molar-refractivity contribution in [2.75, 3.05) is 0 Å². The molecule has 0 N–H and O–H groups in total. The lowest BCUT2D eigenvalue weighted by Gasteiger charge is -2.06. The number of nitrogens with zero attached hydrogens (tertiary/aromatic N) is 1. The van der Waals surface area contributed by atoms with Crippen molar-refractivity contribution in [1.82, 2.24) is 4.98 Å². The van der Waals surface area contributed by atoms with Crippen LogP contribution in [0.2, 0.25) is 0 Å². The first-order valence-electron chi connectivity index (χ1n) is 5.61. The van der Waals surface area contributed by atoms with E-state index in [9.17, 15) is 0 Å². The number of pyridine rings is 1. The van der Waals surface area contributed by atoms with Gasteiger partial charge in [-0.1, -0.05) is 17.7 Å². The van der Waals surface area contributed by atoms with E-state index in [0.717, 1.165) is 15.5 Å². The molecule has 0 spiro atoms. The van der Waals surface area contributed by atoms with E-state index in [1.807, 2.05) is 0 Å². The largest absolute Gasteiger partial charge is 0.247 e. The molecule has 2 aromatic carbocycles. The van der Waals surface area contributed by atoms with Crippen molar-refractivity contribution in [3.63, 3.8) is 0 Å². The van der Waals surface area contributed by atoms with Gasteiger partial charge in [0.2, 0.25) is 0 Å². The molecule has 1 aromatic heterocycles. The lowest BCUT2D eigenvalue weighted by molar-refractivity contribution is 1.42. The number of fused-ring (bicyclic) bond motifs is 2. The molecule has 3 rings (SSSR count). The lowest BCUT2D eigenvalue weighted by Crippen LogP contribution is -1.87. The Morgan fingerprint density at radius 2 is 1.82 bits per heavy atom. The van der Waals surface area contributed by atoms with Gasteiger partial charge in [-0.3, -0.25) is 0 Å². The fourth-order valence-electron chi connectivity index (χ4n) is 2.15. The molecular weight excluding hydrogens is 274 g/mol. The minimum absolute atomic E-state index is 1.04. The highest BCUT2D eigenvalue weighted by atomic mass is 79.9. The summed E-state index contributed by atoms with van der Waals surface area (Å²) in [5, 5.41) is 2.43. The molecular formula is C15H12BrN. The van der Waals surface area contributed by atoms with Crippen LogP contribution in [0.3, 0.4) is 0 Å². The Labute approximate surface area is 109 Å². The summed E-state index contributed by atoms with van der Waals surface area (Å²) in [4.78, 5) is 4.73. The summed E-state index contributed by atoms with van der Waals surface area (Å²) in [7, 11) is 0. The Balaban J connectivity index is 2.52. The van der Waals surface area contributed by atoms with Gasteiger partial charge in [-0.15, -0.1) is 0 Å². The second kappa shape index (κ2) is 3.81. The van der Waals surface area contributed by atoms with Crippen LogP contribution in [0.1, 0.15) is 11.1 Å². The first-order valence-corrected chi connectivity index (χ1v) is 6.41. The van der Waals surface area contributed by atoms with Gasteiger partial charge in [-0.25, -0.2) is 4.98 Å². The summed E-state index contributed by atoms with van der Waals surface area (Å²) in [6.07, 6.45) is 0. The van der Waals surface area contributed by atoms with E-state index in [2.05, 4.69) is 66.2 Å². The van der Waals surface area contributed by atoms with Crippen LogP contribution in [-0.4, -0.2) is 4.98 Å². The molecule has 0 atom stereocenters. The molecule has 0 bridgehead atoms. The van der Waals surface area contributed by atoms with Crippen molar-refractivity contribution in [2.45, 2.75) is 13.8 Å². The smallest absolute Gasteiger partial charge is 0.0854 e. The second-order valence-corrected chi connectivity index (χ2v) is 5.30. The van der Waals surface area contributed by atoms with Crippen LogP contribution in [0.4, 0.5) is 0 Å². The molecule has 0 aliphatic heterocycles. The number of aryl methyl sites for hydroxylation is 2. The molecule has 1 nitrogen and oxygen atoms in total. The highest BCUT2D eigenvalue weighted by molar-refractivity contribution is 9.10. The Morgan fingerprint density at radius 3 is 2.65 bits per heavy atom. The first kappa shape index (κ1) is 10.7.